The lowest BCUT2D eigenvalue weighted by Gasteiger charge is -2.28. The lowest BCUT2D eigenvalue weighted by atomic mass is 10.2. The molecule has 1 amide bonds. The van der Waals surface area contributed by atoms with Gasteiger partial charge in [-0.1, -0.05) is 40.2 Å². The first-order valence-electron chi connectivity index (χ1n) is 7.32. The third kappa shape index (κ3) is 2.72. The third-order valence-electron chi connectivity index (χ3n) is 3.98. The fourth-order valence-electron chi connectivity index (χ4n) is 2.82. The number of carbonyl (C=O) groups excluding carboxylic acids is 1. The van der Waals surface area contributed by atoms with Crippen molar-refractivity contribution in [2.24, 2.45) is 0 Å². The van der Waals surface area contributed by atoms with Crippen LogP contribution in [0.2, 0.25) is 0 Å². The summed E-state index contributed by atoms with van der Waals surface area (Å²) in [4.78, 5) is 20.2. The minimum atomic E-state index is 0.136. The fourth-order valence-corrected chi connectivity index (χ4v) is 4.01. The second-order valence-electron chi connectivity index (χ2n) is 5.47. The van der Waals surface area contributed by atoms with Gasteiger partial charge < -0.3 is 9.47 Å². The highest BCUT2D eigenvalue weighted by Crippen LogP contribution is 2.30. The van der Waals surface area contributed by atoms with Crippen LogP contribution in [0.5, 0.6) is 0 Å². The molecule has 0 saturated carbocycles. The van der Waals surface area contributed by atoms with Crippen molar-refractivity contribution < 1.29 is 4.79 Å². The summed E-state index contributed by atoms with van der Waals surface area (Å²) in [5.41, 5.74) is 2.09. The predicted octanol–water partition coefficient (Wildman–Crippen LogP) is 3.92. The highest BCUT2D eigenvalue weighted by molar-refractivity contribution is 9.10. The Morgan fingerprint density at radius 1 is 1.17 bits per heavy atom. The Morgan fingerprint density at radius 3 is 2.83 bits per heavy atom. The fraction of sp³-hybridized carbons (Fsp3) is 0.176. The molecule has 0 unspecified atom stereocenters. The first kappa shape index (κ1) is 14.7. The summed E-state index contributed by atoms with van der Waals surface area (Å²) in [6, 6.07) is 12.0. The SMILES string of the molecule is O=C1Cn2c(cnc2-c2ccccc2Br)CN1Cc1cccs1. The minimum absolute atomic E-state index is 0.136. The normalized spacial score (nSPS) is 14.1. The highest BCUT2D eigenvalue weighted by Gasteiger charge is 2.26. The number of imidazole rings is 1. The van der Waals surface area contributed by atoms with Gasteiger partial charge in [-0.25, -0.2) is 4.98 Å². The quantitative estimate of drug-likeness (QED) is 0.682. The minimum Gasteiger partial charge on any atom is -0.330 e. The molecule has 0 aliphatic carbocycles. The van der Waals surface area contributed by atoms with Gasteiger partial charge in [0.25, 0.3) is 0 Å². The van der Waals surface area contributed by atoms with E-state index in [0.717, 1.165) is 21.6 Å². The van der Waals surface area contributed by atoms with Crippen molar-refractivity contribution in [3.8, 4) is 11.4 Å². The summed E-state index contributed by atoms with van der Waals surface area (Å²) in [6.07, 6.45) is 1.88. The molecule has 1 aliphatic heterocycles. The van der Waals surface area contributed by atoms with Gasteiger partial charge in [0.15, 0.2) is 0 Å². The van der Waals surface area contributed by atoms with E-state index in [1.54, 1.807) is 11.3 Å². The Morgan fingerprint density at radius 2 is 2.04 bits per heavy atom. The number of benzene rings is 1. The van der Waals surface area contributed by atoms with Crippen LogP contribution >= 0.6 is 27.3 Å². The summed E-state index contributed by atoms with van der Waals surface area (Å²) in [6.45, 7) is 1.62. The maximum atomic E-state index is 12.5. The molecule has 0 bridgehead atoms. The second-order valence-corrected chi connectivity index (χ2v) is 7.35. The van der Waals surface area contributed by atoms with E-state index in [1.165, 1.54) is 4.88 Å². The molecule has 4 nitrogen and oxygen atoms in total. The van der Waals surface area contributed by atoms with Gasteiger partial charge in [0.05, 0.1) is 25.0 Å². The van der Waals surface area contributed by atoms with E-state index in [0.29, 0.717) is 19.6 Å². The van der Waals surface area contributed by atoms with Gasteiger partial charge in [0, 0.05) is 14.9 Å². The molecule has 0 radical (unpaired) electrons. The lowest BCUT2D eigenvalue weighted by molar-refractivity contribution is -0.134. The molecule has 0 spiro atoms. The van der Waals surface area contributed by atoms with Crippen LogP contribution in [0.1, 0.15) is 10.6 Å². The van der Waals surface area contributed by atoms with Crippen molar-refractivity contribution in [1.82, 2.24) is 14.5 Å². The smallest absolute Gasteiger partial charge is 0.243 e. The second kappa shape index (κ2) is 5.94. The molecule has 0 saturated heterocycles. The standard InChI is InChI=1S/C17H14BrN3OS/c18-15-6-2-1-5-14(15)17-19-8-12-9-20(16(22)11-21(12)17)10-13-4-3-7-23-13/h1-8H,9-11H2. The van der Waals surface area contributed by atoms with Crippen molar-refractivity contribution in [3.05, 3.63) is 63.0 Å². The number of hydrogen-bond donors (Lipinski definition) is 0. The van der Waals surface area contributed by atoms with Crippen LogP contribution in [-0.4, -0.2) is 20.4 Å². The zero-order valence-electron chi connectivity index (χ0n) is 12.3. The molecular weight excluding hydrogens is 374 g/mol. The van der Waals surface area contributed by atoms with E-state index in [-0.39, 0.29) is 5.91 Å². The maximum absolute atomic E-state index is 12.5. The van der Waals surface area contributed by atoms with Gasteiger partial charge in [0.1, 0.15) is 12.4 Å². The van der Waals surface area contributed by atoms with Crippen LogP contribution in [0, 0.1) is 0 Å². The largest absolute Gasteiger partial charge is 0.330 e. The molecule has 0 N–H and O–H groups in total. The van der Waals surface area contributed by atoms with E-state index in [2.05, 4.69) is 27.0 Å². The molecule has 6 heteroatoms. The zero-order valence-corrected chi connectivity index (χ0v) is 14.7. The molecule has 23 heavy (non-hydrogen) atoms. The summed E-state index contributed by atoms with van der Waals surface area (Å²) in [5.74, 6) is 0.980. The Labute approximate surface area is 146 Å². The van der Waals surface area contributed by atoms with Crippen molar-refractivity contribution in [2.45, 2.75) is 19.6 Å². The Bertz CT molecular complexity index is 857. The Hall–Kier alpha value is -1.92. The number of carbonyl (C=O) groups is 1. The first-order chi connectivity index (χ1) is 11.2. The number of rotatable bonds is 3. The number of aromatic nitrogens is 2. The average Bonchev–Trinajstić information content (AvgIpc) is 3.18. The summed E-state index contributed by atoms with van der Waals surface area (Å²) < 4.78 is 3.01. The molecule has 2 aromatic heterocycles. The molecule has 0 atom stereocenters. The summed E-state index contributed by atoms with van der Waals surface area (Å²) in [5, 5.41) is 2.04. The van der Waals surface area contributed by atoms with E-state index >= 15 is 0 Å². The first-order valence-corrected chi connectivity index (χ1v) is 8.99. The molecular formula is C17H14BrN3OS. The number of amides is 1. The number of thiophene rings is 1. The molecule has 3 aromatic rings. The number of halogens is 1. The monoisotopic (exact) mass is 387 g/mol. The zero-order chi connectivity index (χ0) is 15.8. The van der Waals surface area contributed by atoms with Crippen LogP contribution in [-0.2, 0) is 24.4 Å². The van der Waals surface area contributed by atoms with E-state index < -0.39 is 0 Å². The maximum Gasteiger partial charge on any atom is 0.243 e. The van der Waals surface area contributed by atoms with E-state index in [1.807, 2.05) is 51.4 Å². The predicted molar refractivity (Wildman–Crippen MR) is 93.9 cm³/mol. The highest BCUT2D eigenvalue weighted by atomic mass is 79.9. The van der Waals surface area contributed by atoms with Crippen molar-refractivity contribution >= 4 is 33.2 Å². The molecule has 0 fully saturated rings. The van der Waals surface area contributed by atoms with Crippen LogP contribution in [0.4, 0.5) is 0 Å². The molecule has 116 valence electrons. The topological polar surface area (TPSA) is 38.1 Å². The Balaban J connectivity index is 1.65. The van der Waals surface area contributed by atoms with Gasteiger partial charge in [-0.3, -0.25) is 4.79 Å². The number of nitrogens with zero attached hydrogens (tertiary/aromatic N) is 3. The number of hydrogen-bond acceptors (Lipinski definition) is 3. The van der Waals surface area contributed by atoms with Crippen molar-refractivity contribution in [2.75, 3.05) is 0 Å². The van der Waals surface area contributed by atoms with Crippen LogP contribution < -0.4 is 0 Å². The van der Waals surface area contributed by atoms with Gasteiger partial charge in [-0.2, -0.15) is 0 Å². The average molecular weight is 388 g/mol. The van der Waals surface area contributed by atoms with Gasteiger partial charge in [0.2, 0.25) is 5.91 Å². The molecule has 1 aromatic carbocycles. The molecule has 1 aliphatic rings. The van der Waals surface area contributed by atoms with Gasteiger partial charge >= 0.3 is 0 Å². The lowest BCUT2D eigenvalue weighted by Crippen LogP contribution is -2.38. The van der Waals surface area contributed by atoms with E-state index in [4.69, 9.17) is 0 Å². The van der Waals surface area contributed by atoms with Crippen molar-refractivity contribution in [1.29, 1.82) is 0 Å². The van der Waals surface area contributed by atoms with Crippen LogP contribution in [0.15, 0.2) is 52.4 Å². The van der Waals surface area contributed by atoms with Crippen LogP contribution in [0.3, 0.4) is 0 Å². The summed E-state index contributed by atoms with van der Waals surface area (Å²) >= 11 is 5.25. The third-order valence-corrected chi connectivity index (χ3v) is 5.53. The molecule has 3 heterocycles. The summed E-state index contributed by atoms with van der Waals surface area (Å²) in [7, 11) is 0. The number of fused-ring (bicyclic) bond motifs is 1. The van der Waals surface area contributed by atoms with Crippen molar-refractivity contribution in [3.63, 3.8) is 0 Å². The van der Waals surface area contributed by atoms with Gasteiger partial charge in [-0.05, 0) is 17.5 Å². The molecule has 4 rings (SSSR count). The Kier molecular flexibility index (Phi) is 3.79. The van der Waals surface area contributed by atoms with Gasteiger partial charge in [-0.15, -0.1) is 11.3 Å². The van der Waals surface area contributed by atoms with E-state index in [9.17, 15) is 4.79 Å². The van der Waals surface area contributed by atoms with Crippen LogP contribution in [0.25, 0.3) is 11.4 Å².